The van der Waals surface area contributed by atoms with Gasteiger partial charge in [-0.2, -0.15) is 38.0 Å². The van der Waals surface area contributed by atoms with Crippen LogP contribution in [0.1, 0.15) is 90.0 Å². The van der Waals surface area contributed by atoms with Crippen LogP contribution in [0.15, 0.2) is 6.99 Å². The molecule has 154 valence electrons. The first-order valence-corrected chi connectivity index (χ1v) is 11.1. The topological polar surface area (TPSA) is 52.9 Å². The fraction of sp³-hybridized carbons (Fsp3) is 0.947. The van der Waals surface area contributed by atoms with E-state index >= 15 is 0 Å². The number of hydrogen-bond donors (Lipinski definition) is 0. The fourth-order valence-corrected chi connectivity index (χ4v) is 2.55. The average Bonchev–Trinajstić information content (AvgIpc) is 2.21. The van der Waals surface area contributed by atoms with Crippen LogP contribution >= 0.6 is 11.6 Å². The summed E-state index contributed by atoms with van der Waals surface area (Å²) in [5.41, 5.74) is -0.145. The van der Waals surface area contributed by atoms with E-state index in [9.17, 15) is 0 Å². The maximum Gasteiger partial charge on any atom is -0.0818 e. The monoisotopic (exact) mass is 459 g/mol. The smallest absolute Gasteiger partial charge is 0.0818 e. The number of nitrogens with zero attached hydrogens (tertiary/aromatic N) is 4. The first-order valence-electron chi connectivity index (χ1n) is 8.87. The predicted octanol–water partition coefficient (Wildman–Crippen LogP) is 7.73. The van der Waals surface area contributed by atoms with E-state index in [2.05, 4.69) is 79.9 Å². The molecule has 0 rings (SSSR count). The molecule has 25 heavy (non-hydrogen) atoms. The van der Waals surface area contributed by atoms with E-state index in [0.29, 0.717) is 0 Å². The standard InChI is InChI=1S/C7H15ClN2.2C4H9N.C4H9.Mo/c1-5(2)9-7(8)10-6(3)4;2*1-4(2,3)5;1-4(2)3;/h5-7H,1-4H3;2*1-3H3;1-3H3;/q-2;;;-1;. The molecule has 0 bridgehead atoms. The fourth-order valence-electron chi connectivity index (χ4n) is 0.796. The van der Waals surface area contributed by atoms with Gasteiger partial charge in [-0.1, -0.05) is 27.7 Å². The second-order valence-electron chi connectivity index (χ2n) is 8.90. The quantitative estimate of drug-likeness (QED) is 0.179. The summed E-state index contributed by atoms with van der Waals surface area (Å²) in [7, 11) is 0. The van der Waals surface area contributed by atoms with Crippen LogP contribution in [-0.4, -0.2) is 28.8 Å². The molecule has 0 N–H and O–H groups in total. The predicted molar refractivity (Wildman–Crippen MR) is 111 cm³/mol. The molecule has 0 fully saturated rings. The number of halogens is 1. The summed E-state index contributed by atoms with van der Waals surface area (Å²) in [5, 5.41) is 8.23. The van der Waals surface area contributed by atoms with Crippen LogP contribution in [0, 0.1) is 5.92 Å². The minimum atomic E-state index is -0.473. The molecule has 0 heterocycles. The minimum absolute atomic E-state index is 0.108. The van der Waals surface area contributed by atoms with Crippen LogP contribution in [-0.2, 0) is 18.2 Å². The maximum atomic E-state index is 5.74. The zero-order valence-corrected chi connectivity index (χ0v) is 21.6. The largest absolute Gasteiger partial charge is 0.663 e. The van der Waals surface area contributed by atoms with Crippen molar-refractivity contribution in [1.82, 2.24) is 0 Å². The molecule has 6 heteroatoms. The Balaban J connectivity index is -0.000000321. The van der Waals surface area contributed by atoms with Crippen LogP contribution < -0.4 is 0 Å². The summed E-state index contributed by atoms with van der Waals surface area (Å²) in [4.78, 5) is 0. The van der Waals surface area contributed by atoms with E-state index in [0.717, 1.165) is 0 Å². The van der Waals surface area contributed by atoms with Gasteiger partial charge in [0, 0.05) is 0 Å². The van der Waals surface area contributed by atoms with E-state index in [1.54, 1.807) is 0 Å². The third kappa shape index (κ3) is 45.6. The van der Waals surface area contributed by atoms with Gasteiger partial charge in [0.1, 0.15) is 0 Å². The summed E-state index contributed by atoms with van der Waals surface area (Å²) in [6, 6.07) is 0.537. The maximum absolute atomic E-state index is 5.74. The van der Waals surface area contributed by atoms with Crippen molar-refractivity contribution < 1.29 is 18.2 Å². The van der Waals surface area contributed by atoms with Gasteiger partial charge in [0.05, 0.1) is 0 Å². The van der Waals surface area contributed by atoms with Gasteiger partial charge >= 0.3 is 77.8 Å². The Kier molecular flexibility index (Phi) is 18.8. The van der Waals surface area contributed by atoms with Crippen molar-refractivity contribution in [3.63, 3.8) is 0 Å². The molecule has 0 atom stereocenters. The molecule has 0 unspecified atom stereocenters. The van der Waals surface area contributed by atoms with Gasteiger partial charge in [0.25, 0.3) is 0 Å². The molecule has 0 aliphatic carbocycles. The molecule has 0 aromatic carbocycles. The Morgan fingerprint density at radius 1 is 0.760 bits per heavy atom. The summed E-state index contributed by atoms with van der Waals surface area (Å²) in [5.74, 6) is 1.42. The normalized spacial score (nSPS) is 11.8. The zero-order valence-electron chi connectivity index (χ0n) is 18.8. The molecule has 0 spiro atoms. The SMILES string of the molecule is CC(C)(C)[N]=[Mo]=[N]C(C)(C)C.CC(C)[N-]C(Cl)[N-]C(C)C.C[C-](C)C. The number of hydrogen-bond acceptors (Lipinski definition) is 2. The molecular weight excluding hydrogens is 416 g/mol. The molecule has 4 nitrogen and oxygen atoms in total. The molecule has 0 amide bonds. The third-order valence-electron chi connectivity index (χ3n) is 1.47. The van der Waals surface area contributed by atoms with E-state index in [-0.39, 0.29) is 28.8 Å². The van der Waals surface area contributed by atoms with Gasteiger partial charge in [-0.05, 0) is 0 Å². The van der Waals surface area contributed by atoms with Gasteiger partial charge in [-0.15, -0.1) is 12.1 Å². The molecule has 0 saturated heterocycles. The molecule has 0 aliphatic rings. The van der Waals surface area contributed by atoms with Gasteiger partial charge in [-0.3, -0.25) is 0 Å². The van der Waals surface area contributed by atoms with Crippen LogP contribution in [0.5, 0.6) is 0 Å². The first kappa shape index (κ1) is 30.2. The van der Waals surface area contributed by atoms with Crippen molar-refractivity contribution in [3.05, 3.63) is 16.6 Å². The van der Waals surface area contributed by atoms with E-state index in [1.165, 1.54) is 5.92 Å². The van der Waals surface area contributed by atoms with Gasteiger partial charge < -0.3 is 16.6 Å². The second-order valence-corrected chi connectivity index (χ2v) is 10.6. The summed E-state index contributed by atoms with van der Waals surface area (Å²) >= 11 is 5.26. The van der Waals surface area contributed by atoms with Crippen LogP contribution in [0.4, 0.5) is 0 Å². The average molecular weight is 458 g/mol. The summed E-state index contributed by atoms with van der Waals surface area (Å²) in [6.45, 7) is 26.9. The Morgan fingerprint density at radius 3 is 1.16 bits per heavy atom. The Morgan fingerprint density at radius 2 is 1.00 bits per heavy atom. The zero-order chi connectivity index (χ0) is 20.8. The molecule has 0 saturated carbocycles. The van der Waals surface area contributed by atoms with Gasteiger partial charge in [-0.25, -0.2) is 0 Å². The number of rotatable bonds is 4. The molecule has 0 aliphatic heterocycles. The summed E-state index contributed by atoms with van der Waals surface area (Å²) < 4.78 is 9.01. The van der Waals surface area contributed by atoms with Crippen molar-refractivity contribution in [3.8, 4) is 0 Å². The minimum Gasteiger partial charge on any atom is -0.663 e. The Bertz CT molecular complexity index is 332. The first-order chi connectivity index (χ1) is 11.0. The van der Waals surface area contributed by atoms with E-state index in [1.807, 2.05) is 27.7 Å². The van der Waals surface area contributed by atoms with Crippen molar-refractivity contribution in [1.29, 1.82) is 0 Å². The van der Waals surface area contributed by atoms with E-state index < -0.39 is 18.2 Å². The van der Waals surface area contributed by atoms with Crippen molar-refractivity contribution >= 4 is 11.6 Å². The Hall–Kier alpha value is 0.498. The summed E-state index contributed by atoms with van der Waals surface area (Å²) in [6.07, 6.45) is 0. The van der Waals surface area contributed by atoms with Gasteiger partial charge in [0.15, 0.2) is 0 Å². The van der Waals surface area contributed by atoms with Crippen molar-refractivity contribution in [2.45, 2.75) is 119 Å². The Labute approximate surface area is 171 Å². The molecule has 0 aromatic heterocycles. The van der Waals surface area contributed by atoms with Crippen molar-refractivity contribution in [2.24, 2.45) is 6.99 Å². The third-order valence-corrected chi connectivity index (χ3v) is 4.79. The molecule has 0 aromatic rings. The van der Waals surface area contributed by atoms with Crippen LogP contribution in [0.25, 0.3) is 10.6 Å². The second kappa shape index (κ2) is 15.5. The van der Waals surface area contributed by atoms with E-state index in [4.69, 9.17) is 11.6 Å². The molecule has 0 radical (unpaired) electrons. The molecular formula is C19H42ClMoN4-3. The van der Waals surface area contributed by atoms with Gasteiger partial charge in [0.2, 0.25) is 0 Å². The number of alkyl halides is 1. The van der Waals surface area contributed by atoms with Crippen molar-refractivity contribution in [2.75, 3.05) is 0 Å². The van der Waals surface area contributed by atoms with Crippen LogP contribution in [0.2, 0.25) is 0 Å². The van der Waals surface area contributed by atoms with Crippen LogP contribution in [0.3, 0.4) is 0 Å².